The van der Waals surface area contributed by atoms with Gasteiger partial charge in [0.2, 0.25) is 0 Å². The van der Waals surface area contributed by atoms with Crippen LogP contribution in [0.3, 0.4) is 0 Å². The number of aromatic nitrogens is 2. The van der Waals surface area contributed by atoms with Crippen molar-refractivity contribution >= 4 is 22.8 Å². The van der Waals surface area contributed by atoms with E-state index in [-0.39, 0.29) is 34.9 Å². The van der Waals surface area contributed by atoms with Gasteiger partial charge in [0.05, 0.1) is 16.5 Å². The van der Waals surface area contributed by atoms with Crippen molar-refractivity contribution in [3.63, 3.8) is 0 Å². The molecular formula is C26H33N3O4. The van der Waals surface area contributed by atoms with Crippen molar-refractivity contribution in [1.29, 1.82) is 0 Å². The van der Waals surface area contributed by atoms with Crippen molar-refractivity contribution in [1.82, 2.24) is 14.9 Å². The zero-order chi connectivity index (χ0) is 23.4. The highest BCUT2D eigenvalue weighted by Gasteiger charge is 2.61. The number of nitrogens with one attached hydrogen (secondary N) is 1. The summed E-state index contributed by atoms with van der Waals surface area (Å²) < 4.78 is 7.07. The number of ether oxygens (including phenoxy) is 1. The van der Waals surface area contributed by atoms with Crippen LogP contribution >= 0.6 is 0 Å². The van der Waals surface area contributed by atoms with Gasteiger partial charge < -0.3 is 10.1 Å². The van der Waals surface area contributed by atoms with Crippen LogP contribution in [0.1, 0.15) is 75.5 Å². The molecule has 3 aliphatic rings. The van der Waals surface area contributed by atoms with E-state index in [0.29, 0.717) is 28.9 Å². The van der Waals surface area contributed by atoms with E-state index in [0.717, 1.165) is 44.3 Å². The number of hydrogen-bond donors (Lipinski definition) is 1. The molecule has 1 amide bonds. The maximum atomic E-state index is 12.9. The Morgan fingerprint density at radius 1 is 1.21 bits per heavy atom. The van der Waals surface area contributed by atoms with Gasteiger partial charge in [-0.3, -0.25) is 14.2 Å². The zero-order valence-electron chi connectivity index (χ0n) is 19.8. The van der Waals surface area contributed by atoms with Crippen LogP contribution in [0.5, 0.6) is 0 Å². The topological polar surface area (TPSA) is 90.3 Å². The maximum Gasteiger partial charge on any atom is 0.338 e. The molecule has 1 aromatic heterocycles. The van der Waals surface area contributed by atoms with Crippen LogP contribution in [-0.2, 0) is 22.5 Å². The molecule has 2 fully saturated rings. The predicted octanol–water partition coefficient (Wildman–Crippen LogP) is 3.61. The molecule has 2 aromatic rings. The number of amides is 1. The lowest BCUT2D eigenvalue weighted by Crippen LogP contribution is -2.48. The molecule has 1 aromatic carbocycles. The minimum atomic E-state index is -0.580. The van der Waals surface area contributed by atoms with E-state index in [2.05, 4.69) is 31.1 Å². The Kier molecular flexibility index (Phi) is 5.33. The quantitative estimate of drug-likeness (QED) is 0.717. The number of rotatable bonds is 4. The third-order valence-electron chi connectivity index (χ3n) is 9.02. The normalized spacial score (nSPS) is 27.7. The number of benzene rings is 1. The Hall–Kier alpha value is -2.70. The molecule has 7 heteroatoms. The first-order valence-corrected chi connectivity index (χ1v) is 12.2. The van der Waals surface area contributed by atoms with Crippen LogP contribution in [0.4, 0.5) is 0 Å². The number of hydrogen-bond acceptors (Lipinski definition) is 5. The van der Waals surface area contributed by atoms with Crippen molar-refractivity contribution in [3.05, 3.63) is 39.9 Å². The van der Waals surface area contributed by atoms with E-state index in [1.54, 1.807) is 22.8 Å². The second-order valence-electron chi connectivity index (χ2n) is 10.8. The van der Waals surface area contributed by atoms with Gasteiger partial charge in [-0.1, -0.05) is 27.2 Å². The SMILES string of the molecule is CC1(C)C2CCC1(C)C(NC(=O)COC(=O)c1ccc3c(=O)n4c(nc3c1)CCCCC4)C2. The fraction of sp³-hybridized carbons (Fsp3) is 0.615. The van der Waals surface area contributed by atoms with E-state index in [1.165, 1.54) is 6.42 Å². The highest BCUT2D eigenvalue weighted by atomic mass is 16.5. The van der Waals surface area contributed by atoms with E-state index in [4.69, 9.17) is 4.74 Å². The average Bonchev–Trinajstić information content (AvgIpc) is 3.00. The maximum absolute atomic E-state index is 12.9. The van der Waals surface area contributed by atoms with Crippen LogP contribution in [-0.4, -0.2) is 34.1 Å². The van der Waals surface area contributed by atoms with Crippen molar-refractivity contribution in [2.45, 2.75) is 78.3 Å². The molecule has 3 atom stereocenters. The summed E-state index contributed by atoms with van der Waals surface area (Å²) in [7, 11) is 0. The van der Waals surface area contributed by atoms with Crippen LogP contribution < -0.4 is 10.9 Å². The smallest absolute Gasteiger partial charge is 0.338 e. The fourth-order valence-corrected chi connectivity index (χ4v) is 6.42. The molecule has 0 radical (unpaired) electrons. The largest absolute Gasteiger partial charge is 0.452 e. The number of carbonyl (C=O) groups is 2. The van der Waals surface area contributed by atoms with Gasteiger partial charge in [-0.2, -0.15) is 0 Å². The highest BCUT2D eigenvalue weighted by molar-refractivity contribution is 5.95. The lowest BCUT2D eigenvalue weighted by atomic mass is 9.69. The van der Waals surface area contributed by atoms with Crippen LogP contribution in [0.25, 0.3) is 10.9 Å². The minimum Gasteiger partial charge on any atom is -0.452 e. The first-order chi connectivity index (χ1) is 15.7. The Morgan fingerprint density at radius 3 is 2.76 bits per heavy atom. The number of aryl methyl sites for hydroxylation is 1. The molecule has 0 saturated heterocycles. The predicted molar refractivity (Wildman–Crippen MR) is 125 cm³/mol. The summed E-state index contributed by atoms with van der Waals surface area (Å²) in [5.74, 6) is 0.556. The Balaban J connectivity index is 1.26. The van der Waals surface area contributed by atoms with Gasteiger partial charge in [-0.25, -0.2) is 9.78 Å². The molecule has 2 saturated carbocycles. The molecule has 5 rings (SSSR count). The number of nitrogens with zero attached hydrogens (tertiary/aromatic N) is 2. The third-order valence-corrected chi connectivity index (χ3v) is 9.02. The molecule has 33 heavy (non-hydrogen) atoms. The molecule has 1 N–H and O–H groups in total. The molecule has 3 unspecified atom stereocenters. The number of esters is 1. The second kappa shape index (κ2) is 7.96. The van der Waals surface area contributed by atoms with Gasteiger partial charge in [-0.05, 0) is 67.1 Å². The van der Waals surface area contributed by atoms with Crippen molar-refractivity contribution in [3.8, 4) is 0 Å². The van der Waals surface area contributed by atoms with Gasteiger partial charge in [0.25, 0.3) is 11.5 Å². The molecular weight excluding hydrogens is 418 g/mol. The first-order valence-electron chi connectivity index (χ1n) is 12.2. The van der Waals surface area contributed by atoms with E-state index < -0.39 is 5.97 Å². The summed E-state index contributed by atoms with van der Waals surface area (Å²) in [6.45, 7) is 7.25. The van der Waals surface area contributed by atoms with E-state index in [1.807, 2.05) is 0 Å². The summed E-state index contributed by atoms with van der Waals surface area (Å²) in [6, 6.07) is 4.93. The van der Waals surface area contributed by atoms with Crippen LogP contribution in [0.15, 0.2) is 23.0 Å². The van der Waals surface area contributed by atoms with E-state index >= 15 is 0 Å². The van der Waals surface area contributed by atoms with Gasteiger partial charge in [0.1, 0.15) is 5.82 Å². The lowest BCUT2D eigenvalue weighted by molar-refractivity contribution is -0.126. The highest BCUT2D eigenvalue weighted by Crippen LogP contribution is 2.65. The van der Waals surface area contributed by atoms with Gasteiger partial charge in [0, 0.05) is 19.0 Å². The summed E-state index contributed by atoms with van der Waals surface area (Å²) >= 11 is 0. The molecule has 0 spiro atoms. The summed E-state index contributed by atoms with van der Waals surface area (Å²) in [5.41, 5.74) is 1.03. The average molecular weight is 452 g/mol. The van der Waals surface area contributed by atoms with Gasteiger partial charge >= 0.3 is 5.97 Å². The molecule has 2 aliphatic carbocycles. The summed E-state index contributed by atoms with van der Waals surface area (Å²) in [5, 5.41) is 3.62. The van der Waals surface area contributed by atoms with Gasteiger partial charge in [0.15, 0.2) is 6.61 Å². The van der Waals surface area contributed by atoms with Crippen LogP contribution in [0.2, 0.25) is 0 Å². The fourth-order valence-electron chi connectivity index (χ4n) is 6.42. The first kappa shape index (κ1) is 22.1. The number of fused-ring (bicyclic) bond motifs is 4. The summed E-state index contributed by atoms with van der Waals surface area (Å²) in [4.78, 5) is 42.7. The Labute approximate surface area is 193 Å². The Morgan fingerprint density at radius 2 is 2.03 bits per heavy atom. The lowest BCUT2D eigenvalue weighted by Gasteiger charge is -2.39. The van der Waals surface area contributed by atoms with Crippen LogP contribution in [0, 0.1) is 16.7 Å². The molecule has 2 bridgehead atoms. The minimum absolute atomic E-state index is 0.0570. The zero-order valence-corrected chi connectivity index (χ0v) is 19.8. The Bertz CT molecular complexity index is 1180. The van der Waals surface area contributed by atoms with Crippen molar-refractivity contribution in [2.75, 3.05) is 6.61 Å². The van der Waals surface area contributed by atoms with Crippen molar-refractivity contribution < 1.29 is 14.3 Å². The van der Waals surface area contributed by atoms with Gasteiger partial charge in [-0.15, -0.1) is 0 Å². The molecule has 1 aliphatic heterocycles. The standard InChI is InChI=1S/C26H33N3O4/c1-25(2)17-10-11-26(25,3)20(14-17)28-22(30)15-33-24(32)16-8-9-18-19(13-16)27-21-7-5-4-6-12-29(21)23(18)31/h8-9,13,17,20H,4-7,10-12,14-15H2,1-3H3,(H,28,30). The van der Waals surface area contributed by atoms with E-state index in [9.17, 15) is 14.4 Å². The summed E-state index contributed by atoms with van der Waals surface area (Å²) in [6.07, 6.45) is 7.14. The third kappa shape index (κ3) is 3.56. The monoisotopic (exact) mass is 451 g/mol. The van der Waals surface area contributed by atoms with Crippen molar-refractivity contribution in [2.24, 2.45) is 16.7 Å². The second-order valence-corrected chi connectivity index (χ2v) is 10.8. The molecule has 176 valence electrons. The molecule has 7 nitrogen and oxygen atoms in total. The molecule has 2 heterocycles. The number of carbonyl (C=O) groups excluding carboxylic acids is 2.